The summed E-state index contributed by atoms with van der Waals surface area (Å²) in [5, 5.41) is 9.67. The van der Waals surface area contributed by atoms with Gasteiger partial charge in [0.25, 0.3) is 0 Å². The number of aryl methyl sites for hydroxylation is 1. The van der Waals surface area contributed by atoms with Crippen LogP contribution in [-0.4, -0.2) is 22.8 Å². The van der Waals surface area contributed by atoms with E-state index >= 15 is 0 Å². The Kier molecular flexibility index (Phi) is 2.84. The van der Waals surface area contributed by atoms with Crippen LogP contribution >= 0.6 is 0 Å². The van der Waals surface area contributed by atoms with Gasteiger partial charge in [0.2, 0.25) is 0 Å². The van der Waals surface area contributed by atoms with Crippen molar-refractivity contribution >= 4 is 16.8 Å². The van der Waals surface area contributed by atoms with Crippen LogP contribution in [0.1, 0.15) is 11.3 Å². The quantitative estimate of drug-likeness (QED) is 0.797. The normalized spacial score (nSPS) is 10.2. The first-order valence-electron chi connectivity index (χ1n) is 5.35. The molecule has 0 fully saturated rings. The summed E-state index contributed by atoms with van der Waals surface area (Å²) in [7, 11) is 1.63. The molecule has 0 radical (unpaired) electrons. The molecule has 0 aliphatic heterocycles. The van der Waals surface area contributed by atoms with E-state index in [9.17, 15) is 4.79 Å². The Bertz CT molecular complexity index is 607. The lowest BCUT2D eigenvalue weighted by Gasteiger charge is -2.13. The molecule has 1 aromatic carbocycles. The van der Waals surface area contributed by atoms with Crippen molar-refractivity contribution in [3.8, 4) is 6.07 Å². The van der Waals surface area contributed by atoms with Gasteiger partial charge in [0, 0.05) is 30.2 Å². The summed E-state index contributed by atoms with van der Waals surface area (Å²) in [6.07, 6.45) is 0. The summed E-state index contributed by atoms with van der Waals surface area (Å²) in [6, 6.07) is 9.56. The lowest BCUT2D eigenvalue weighted by Crippen LogP contribution is -2.24. The first-order chi connectivity index (χ1) is 8.13. The van der Waals surface area contributed by atoms with E-state index < -0.39 is 5.91 Å². The fraction of sp³-hybridized carbons (Fsp3) is 0.231. The molecule has 0 spiro atoms. The summed E-state index contributed by atoms with van der Waals surface area (Å²) in [4.78, 5) is 15.9. The number of fused-ring (bicyclic) bond motifs is 1. The average Bonchev–Trinajstić information content (AvgIpc) is 2.65. The van der Waals surface area contributed by atoms with Gasteiger partial charge in [-0.1, -0.05) is 18.2 Å². The molecule has 17 heavy (non-hydrogen) atoms. The van der Waals surface area contributed by atoms with Crippen LogP contribution in [0, 0.1) is 18.3 Å². The minimum absolute atomic E-state index is 0.447. The Morgan fingerprint density at radius 2 is 2.18 bits per heavy atom. The smallest absolute Gasteiger partial charge is 0.325 e. The van der Waals surface area contributed by atoms with E-state index in [1.165, 1.54) is 4.90 Å². The Morgan fingerprint density at radius 3 is 2.88 bits per heavy atom. The lowest BCUT2D eigenvalue weighted by atomic mass is 10.1. The third-order valence-corrected chi connectivity index (χ3v) is 2.86. The van der Waals surface area contributed by atoms with Crippen LogP contribution in [0.15, 0.2) is 24.3 Å². The van der Waals surface area contributed by atoms with Gasteiger partial charge in [0.05, 0.1) is 0 Å². The van der Waals surface area contributed by atoms with Crippen LogP contribution in [0.4, 0.5) is 0 Å². The predicted molar refractivity (Wildman–Crippen MR) is 65.1 cm³/mol. The summed E-state index contributed by atoms with van der Waals surface area (Å²) in [5.74, 6) is -0.519. The van der Waals surface area contributed by atoms with E-state index in [0.29, 0.717) is 6.54 Å². The number of aromatic nitrogens is 1. The van der Waals surface area contributed by atoms with Crippen molar-refractivity contribution in [1.82, 2.24) is 9.88 Å². The van der Waals surface area contributed by atoms with Gasteiger partial charge in [-0.2, -0.15) is 5.26 Å². The van der Waals surface area contributed by atoms with E-state index in [1.54, 1.807) is 13.1 Å². The number of carbonyl (C=O) groups is 1. The molecule has 0 saturated carbocycles. The van der Waals surface area contributed by atoms with E-state index in [0.717, 1.165) is 22.2 Å². The second kappa shape index (κ2) is 4.30. The minimum atomic E-state index is -0.519. The highest BCUT2D eigenvalue weighted by Gasteiger charge is 2.13. The molecule has 0 atom stereocenters. The number of hydrogen-bond donors (Lipinski definition) is 1. The monoisotopic (exact) mass is 227 g/mol. The molecular formula is C13H13N3O. The molecule has 1 N–H and O–H groups in total. The number of carbonyl (C=O) groups excluding carboxylic acids is 1. The number of nitrogens with zero attached hydrogens (tertiary/aromatic N) is 2. The molecule has 1 heterocycles. The number of H-pyrrole nitrogens is 1. The van der Waals surface area contributed by atoms with Crippen molar-refractivity contribution < 1.29 is 4.79 Å². The van der Waals surface area contributed by atoms with Gasteiger partial charge >= 0.3 is 5.91 Å². The summed E-state index contributed by atoms with van der Waals surface area (Å²) < 4.78 is 0. The number of rotatable bonds is 2. The molecule has 1 aromatic heterocycles. The van der Waals surface area contributed by atoms with Gasteiger partial charge in [-0.25, -0.2) is 0 Å². The van der Waals surface area contributed by atoms with Crippen LogP contribution in [0.5, 0.6) is 0 Å². The van der Waals surface area contributed by atoms with Crippen molar-refractivity contribution in [3.63, 3.8) is 0 Å². The Morgan fingerprint density at radius 1 is 1.47 bits per heavy atom. The van der Waals surface area contributed by atoms with Crippen molar-refractivity contribution in [3.05, 3.63) is 35.5 Å². The molecule has 2 rings (SSSR count). The van der Waals surface area contributed by atoms with Crippen LogP contribution in [-0.2, 0) is 11.3 Å². The number of benzene rings is 1. The number of hydrogen-bond acceptors (Lipinski definition) is 2. The molecule has 1 amide bonds. The number of amides is 1. The molecule has 4 nitrogen and oxygen atoms in total. The second-order valence-electron chi connectivity index (χ2n) is 4.05. The summed E-state index contributed by atoms with van der Waals surface area (Å²) >= 11 is 0. The second-order valence-corrected chi connectivity index (χ2v) is 4.05. The van der Waals surface area contributed by atoms with Crippen molar-refractivity contribution in [2.75, 3.05) is 7.05 Å². The molecule has 2 aromatic rings. The average molecular weight is 227 g/mol. The van der Waals surface area contributed by atoms with Crippen molar-refractivity contribution in [1.29, 1.82) is 5.26 Å². The minimum Gasteiger partial charge on any atom is -0.358 e. The van der Waals surface area contributed by atoms with Crippen molar-refractivity contribution in [2.24, 2.45) is 0 Å². The fourth-order valence-electron chi connectivity index (χ4n) is 1.93. The zero-order chi connectivity index (χ0) is 12.4. The fourth-order valence-corrected chi connectivity index (χ4v) is 1.93. The lowest BCUT2D eigenvalue weighted by molar-refractivity contribution is -0.124. The maximum absolute atomic E-state index is 11.2. The topological polar surface area (TPSA) is 59.9 Å². The Balaban J connectivity index is 2.39. The van der Waals surface area contributed by atoms with Gasteiger partial charge in [-0.05, 0) is 18.6 Å². The van der Waals surface area contributed by atoms with Crippen LogP contribution in [0.2, 0.25) is 0 Å². The van der Waals surface area contributed by atoms with Crippen LogP contribution < -0.4 is 0 Å². The van der Waals surface area contributed by atoms with Gasteiger partial charge in [-0.15, -0.1) is 0 Å². The number of aromatic amines is 1. The third-order valence-electron chi connectivity index (χ3n) is 2.86. The molecule has 4 heteroatoms. The highest BCUT2D eigenvalue weighted by atomic mass is 16.2. The zero-order valence-corrected chi connectivity index (χ0v) is 9.82. The molecule has 0 bridgehead atoms. The van der Waals surface area contributed by atoms with Gasteiger partial charge in [0.1, 0.15) is 0 Å². The maximum Gasteiger partial charge on any atom is 0.325 e. The zero-order valence-electron chi connectivity index (χ0n) is 9.82. The third kappa shape index (κ3) is 2.00. The first-order valence-corrected chi connectivity index (χ1v) is 5.35. The van der Waals surface area contributed by atoms with Crippen molar-refractivity contribution in [2.45, 2.75) is 13.5 Å². The van der Waals surface area contributed by atoms with Gasteiger partial charge in [0.15, 0.2) is 6.07 Å². The SMILES string of the molecule is Cc1[nH]c2ccccc2c1CN(C)C(=O)C#N. The van der Waals surface area contributed by atoms with E-state index in [1.807, 2.05) is 31.2 Å². The summed E-state index contributed by atoms with van der Waals surface area (Å²) in [6.45, 7) is 2.42. The molecule has 0 unspecified atom stereocenters. The molecule has 0 aliphatic rings. The molecule has 0 saturated heterocycles. The number of nitriles is 1. The Labute approximate surface area is 99.5 Å². The standard InChI is InChI=1S/C13H13N3O/c1-9-11(8-16(2)13(17)7-14)10-5-3-4-6-12(10)15-9/h3-6,15H,8H2,1-2H3. The summed E-state index contributed by atoms with van der Waals surface area (Å²) in [5.41, 5.74) is 3.15. The predicted octanol–water partition coefficient (Wildman–Crippen LogP) is 1.96. The first kappa shape index (κ1) is 11.2. The highest BCUT2D eigenvalue weighted by Crippen LogP contribution is 2.22. The van der Waals surface area contributed by atoms with E-state index in [-0.39, 0.29) is 0 Å². The molecular weight excluding hydrogens is 214 g/mol. The number of para-hydroxylation sites is 1. The molecule has 0 aliphatic carbocycles. The van der Waals surface area contributed by atoms with E-state index in [4.69, 9.17) is 5.26 Å². The van der Waals surface area contributed by atoms with E-state index in [2.05, 4.69) is 4.98 Å². The van der Waals surface area contributed by atoms with Gasteiger partial charge < -0.3 is 9.88 Å². The van der Waals surface area contributed by atoms with Crippen LogP contribution in [0.3, 0.4) is 0 Å². The maximum atomic E-state index is 11.2. The van der Waals surface area contributed by atoms with Gasteiger partial charge in [-0.3, -0.25) is 4.79 Å². The van der Waals surface area contributed by atoms with Crippen LogP contribution in [0.25, 0.3) is 10.9 Å². The molecule has 86 valence electrons. The Hall–Kier alpha value is -2.28. The highest BCUT2D eigenvalue weighted by molar-refractivity contribution is 5.91. The number of nitrogens with one attached hydrogen (secondary N) is 1. The largest absolute Gasteiger partial charge is 0.358 e.